The van der Waals surface area contributed by atoms with Gasteiger partial charge in [0.25, 0.3) is 0 Å². The molecule has 0 aromatic rings. The number of unbranched alkanes of at least 4 members (excludes halogenated alkanes) is 38. The number of aliphatic hydroxyl groups is 10. The van der Waals surface area contributed by atoms with Crippen molar-refractivity contribution in [2.45, 2.75) is 414 Å². The number of carbonyl (C=O) groups is 3. The molecule has 0 amide bonds. The van der Waals surface area contributed by atoms with Crippen molar-refractivity contribution in [3.05, 3.63) is 12.2 Å². The second kappa shape index (κ2) is 56.1. The van der Waals surface area contributed by atoms with E-state index in [1.165, 1.54) is 154 Å². The maximum Gasteiger partial charge on any atom is 0.472 e. The first-order valence-electron chi connectivity index (χ1n) is 39.0. The van der Waals surface area contributed by atoms with E-state index in [4.69, 9.17) is 42.2 Å². The zero-order valence-electron chi connectivity index (χ0n) is 60.8. The molecule has 3 aliphatic rings. The fourth-order valence-corrected chi connectivity index (χ4v) is 13.9. The predicted octanol–water partition coefficient (Wildman–Crippen LogP) is 11.1. The standard InChI is InChI=1S/C74H137O24P/c1-4-7-10-13-16-19-22-25-27-29-32-35-38-41-44-47-50-60(78)93-55(52-90-58(76)48-45-42-39-36-33-30-24-21-18-15-12-9-6-3)53-92-99(88,89)98-72-70(96-73-68(86)63(81)61(79)56(51-75)94-73)66(84)65(83)67(85)71(72)97-74-69(87)64(82)62(80)57(95-74)54-91-59(77)49-46-43-40-37-34-31-28-26-23-20-17-14-11-8-5-2/h30,33,55-57,61-75,79-87H,4-29,31-32,34-54H2,1-3H3,(H,88,89)/b33-30-. The summed E-state index contributed by atoms with van der Waals surface area (Å²) in [5.41, 5.74) is 0. The highest BCUT2D eigenvalue weighted by molar-refractivity contribution is 7.47. The van der Waals surface area contributed by atoms with Crippen LogP contribution in [0.4, 0.5) is 0 Å². The van der Waals surface area contributed by atoms with Crippen LogP contribution in [0, 0.1) is 0 Å². The first-order chi connectivity index (χ1) is 47.8. The molecule has 18 atom stereocenters. The van der Waals surface area contributed by atoms with Gasteiger partial charge in [-0.05, 0) is 44.9 Å². The van der Waals surface area contributed by atoms with E-state index in [0.717, 1.165) is 96.3 Å². The van der Waals surface area contributed by atoms with Crippen LogP contribution in [0.15, 0.2) is 12.2 Å². The van der Waals surface area contributed by atoms with Gasteiger partial charge in [0.15, 0.2) is 18.7 Å². The second-order valence-corrected chi connectivity index (χ2v) is 29.5. The lowest BCUT2D eigenvalue weighted by Crippen LogP contribution is -2.69. The molecule has 3 rings (SSSR count). The van der Waals surface area contributed by atoms with Crippen molar-refractivity contribution in [1.82, 2.24) is 0 Å². The molecule has 1 aliphatic carbocycles. The van der Waals surface area contributed by atoms with Crippen molar-refractivity contribution < 1.29 is 117 Å². The van der Waals surface area contributed by atoms with E-state index in [0.29, 0.717) is 19.3 Å². The van der Waals surface area contributed by atoms with Crippen LogP contribution in [-0.2, 0) is 61.2 Å². The first kappa shape index (κ1) is 90.9. The topological polar surface area (TPSA) is 374 Å². The van der Waals surface area contributed by atoms with E-state index in [-0.39, 0.29) is 19.3 Å². The van der Waals surface area contributed by atoms with Crippen molar-refractivity contribution >= 4 is 25.7 Å². The van der Waals surface area contributed by atoms with Crippen LogP contribution in [0.2, 0.25) is 0 Å². The summed E-state index contributed by atoms with van der Waals surface area (Å²) in [6.45, 7) is 3.45. The van der Waals surface area contributed by atoms with Gasteiger partial charge >= 0.3 is 25.7 Å². The fraction of sp³-hybridized carbons (Fsp3) is 0.932. The molecule has 25 heteroatoms. The van der Waals surface area contributed by atoms with E-state index in [1.807, 2.05) is 0 Å². The monoisotopic (exact) mass is 1440 g/mol. The number of hydrogen-bond donors (Lipinski definition) is 11. The van der Waals surface area contributed by atoms with Gasteiger partial charge in [0, 0.05) is 19.3 Å². The van der Waals surface area contributed by atoms with Crippen molar-refractivity contribution in [2.75, 3.05) is 26.4 Å². The van der Waals surface area contributed by atoms with Crippen LogP contribution < -0.4 is 0 Å². The van der Waals surface area contributed by atoms with Gasteiger partial charge in [-0.25, -0.2) is 4.57 Å². The lowest BCUT2D eigenvalue weighted by atomic mass is 9.84. The minimum absolute atomic E-state index is 0.0279. The van der Waals surface area contributed by atoms with Gasteiger partial charge in [0.05, 0.1) is 13.2 Å². The summed E-state index contributed by atoms with van der Waals surface area (Å²) in [6.07, 6.45) is 15.5. The third kappa shape index (κ3) is 39.0. The van der Waals surface area contributed by atoms with E-state index in [2.05, 4.69) is 32.9 Å². The van der Waals surface area contributed by atoms with Crippen LogP contribution in [0.5, 0.6) is 0 Å². The number of phosphoric acid groups is 1. The van der Waals surface area contributed by atoms with E-state index in [9.17, 15) is 74.9 Å². The summed E-state index contributed by atoms with van der Waals surface area (Å²) in [5, 5.41) is 110. The molecule has 11 N–H and O–H groups in total. The molecule has 1 saturated carbocycles. The Balaban J connectivity index is 1.72. The van der Waals surface area contributed by atoms with Gasteiger partial charge in [0.2, 0.25) is 0 Å². The Morgan fingerprint density at radius 2 is 0.707 bits per heavy atom. The van der Waals surface area contributed by atoms with Gasteiger partial charge in [-0.15, -0.1) is 0 Å². The SMILES string of the molecule is CCCCCCCC/C=C\CCCCCC(=O)OCC(COP(=O)(O)OC1C(OC2OC(CO)C(O)C(O)C2O)C(O)C(O)C(O)C1OC1OC(COC(=O)CCCCCCCCCCCCCCCCC)C(O)C(O)C1O)OC(=O)CCCCCCCCCCCCCCCCCC. The van der Waals surface area contributed by atoms with E-state index >= 15 is 0 Å². The minimum atomic E-state index is -5.70. The highest BCUT2D eigenvalue weighted by atomic mass is 31.2. The Bertz CT molecular complexity index is 2090. The zero-order valence-corrected chi connectivity index (χ0v) is 61.7. The van der Waals surface area contributed by atoms with Crippen molar-refractivity contribution in [3.63, 3.8) is 0 Å². The van der Waals surface area contributed by atoms with E-state index in [1.54, 1.807) is 0 Å². The molecule has 0 aromatic carbocycles. The number of phosphoric ester groups is 1. The van der Waals surface area contributed by atoms with Crippen LogP contribution in [0.3, 0.4) is 0 Å². The molecular weight excluding hydrogens is 1300 g/mol. The van der Waals surface area contributed by atoms with E-state index < -0.39 is 156 Å². The molecule has 0 aromatic heterocycles. The number of allylic oxidation sites excluding steroid dienone is 2. The summed E-state index contributed by atoms with van der Waals surface area (Å²) >= 11 is 0. The fourth-order valence-electron chi connectivity index (χ4n) is 12.9. The normalized spacial score (nSPS) is 27.5. The molecule has 0 bridgehead atoms. The summed E-state index contributed by atoms with van der Waals surface area (Å²) < 4.78 is 65.1. The van der Waals surface area contributed by atoms with Crippen LogP contribution in [0.25, 0.3) is 0 Å². The molecule has 3 fully saturated rings. The Morgan fingerprint density at radius 1 is 0.384 bits per heavy atom. The van der Waals surface area contributed by atoms with Crippen LogP contribution in [-0.4, -0.2) is 204 Å². The summed E-state index contributed by atoms with van der Waals surface area (Å²) in [7, 11) is -5.70. The Kier molecular flexibility index (Phi) is 51.5. The molecule has 0 radical (unpaired) electrons. The maximum absolute atomic E-state index is 14.3. The molecule has 2 aliphatic heterocycles. The molecule has 582 valence electrons. The molecule has 2 saturated heterocycles. The quantitative estimate of drug-likeness (QED) is 0.00886. The summed E-state index contributed by atoms with van der Waals surface area (Å²) in [4.78, 5) is 51.0. The minimum Gasteiger partial charge on any atom is -0.463 e. The molecule has 99 heavy (non-hydrogen) atoms. The smallest absolute Gasteiger partial charge is 0.463 e. The van der Waals surface area contributed by atoms with Crippen molar-refractivity contribution in [2.24, 2.45) is 0 Å². The lowest BCUT2D eigenvalue weighted by molar-refractivity contribution is -0.360. The second-order valence-electron chi connectivity index (χ2n) is 28.1. The van der Waals surface area contributed by atoms with Gasteiger partial charge in [-0.3, -0.25) is 23.4 Å². The Hall–Kier alpha value is -2.30. The molecular formula is C74H137O24P. The van der Waals surface area contributed by atoms with Gasteiger partial charge in [-0.1, -0.05) is 258 Å². The summed E-state index contributed by atoms with van der Waals surface area (Å²) in [5.74, 6) is -2.00. The van der Waals surface area contributed by atoms with Crippen LogP contribution >= 0.6 is 7.82 Å². The Morgan fingerprint density at radius 3 is 1.10 bits per heavy atom. The average Bonchev–Trinajstić information content (AvgIpc) is 0.762. The zero-order chi connectivity index (χ0) is 72.5. The number of ether oxygens (including phenoxy) is 7. The highest BCUT2D eigenvalue weighted by Crippen LogP contribution is 2.49. The first-order valence-corrected chi connectivity index (χ1v) is 40.5. The molecule has 18 unspecified atom stereocenters. The number of hydrogen-bond acceptors (Lipinski definition) is 23. The molecule has 2 heterocycles. The Labute approximate surface area is 592 Å². The number of carbonyl (C=O) groups excluding carboxylic acids is 3. The largest absolute Gasteiger partial charge is 0.472 e. The lowest BCUT2D eigenvalue weighted by Gasteiger charge is -2.49. The van der Waals surface area contributed by atoms with Gasteiger partial charge in [0.1, 0.15) is 98.7 Å². The van der Waals surface area contributed by atoms with Crippen molar-refractivity contribution in [3.8, 4) is 0 Å². The molecule has 24 nitrogen and oxygen atoms in total. The molecule has 0 spiro atoms. The number of esters is 3. The highest BCUT2D eigenvalue weighted by Gasteiger charge is 2.58. The maximum atomic E-state index is 14.3. The third-order valence-corrected chi connectivity index (χ3v) is 20.3. The van der Waals surface area contributed by atoms with Gasteiger partial charge in [-0.2, -0.15) is 0 Å². The third-order valence-electron chi connectivity index (χ3n) is 19.3. The average molecular weight is 1440 g/mol. The number of rotatable bonds is 61. The van der Waals surface area contributed by atoms with Gasteiger partial charge < -0.3 is 89.1 Å². The predicted molar refractivity (Wildman–Crippen MR) is 375 cm³/mol. The van der Waals surface area contributed by atoms with Crippen LogP contribution in [0.1, 0.15) is 310 Å². The number of aliphatic hydroxyl groups excluding tert-OH is 10. The van der Waals surface area contributed by atoms with Crippen molar-refractivity contribution in [1.29, 1.82) is 0 Å². The summed E-state index contributed by atoms with van der Waals surface area (Å²) in [6, 6.07) is 0.